The summed E-state index contributed by atoms with van der Waals surface area (Å²) in [4.78, 5) is 3.58. The quantitative estimate of drug-likeness (QED) is 0.618. The summed E-state index contributed by atoms with van der Waals surface area (Å²) < 4.78 is 65.1. The summed E-state index contributed by atoms with van der Waals surface area (Å²) in [7, 11) is 0. The van der Waals surface area contributed by atoms with Crippen LogP contribution in [0.5, 0.6) is 0 Å². The molecule has 0 bridgehead atoms. The molecule has 112 valence electrons. The lowest BCUT2D eigenvalue weighted by molar-refractivity contribution is -0.0331. The number of nitrogens with zero attached hydrogens (tertiary/aromatic N) is 3. The van der Waals surface area contributed by atoms with Gasteiger partial charge in [-0.25, -0.2) is 18.4 Å². The molecule has 2 atom stereocenters. The molecule has 21 heavy (non-hydrogen) atoms. The number of aromatic nitrogens is 3. The highest BCUT2D eigenvalue weighted by molar-refractivity contribution is 8.00. The van der Waals surface area contributed by atoms with Crippen molar-refractivity contribution in [3.8, 4) is 0 Å². The fourth-order valence-corrected chi connectivity index (χ4v) is 2.77. The van der Waals surface area contributed by atoms with E-state index in [1.54, 1.807) is 6.07 Å². The Balaban J connectivity index is 1.95. The van der Waals surface area contributed by atoms with Gasteiger partial charge in [0, 0.05) is 18.2 Å². The van der Waals surface area contributed by atoms with Gasteiger partial charge in [-0.15, -0.1) is 5.10 Å². The molecule has 9 heteroatoms. The summed E-state index contributed by atoms with van der Waals surface area (Å²) in [5.74, 6) is -0.655. The first kappa shape index (κ1) is 14.3. The zero-order valence-corrected chi connectivity index (χ0v) is 11.1. The SMILES string of the molecule is Fc1cccc([C@@H]2C[C@H](F)c3nc(SC(F)(F)F)nn32)c1. The second-order valence-electron chi connectivity index (χ2n) is 4.52. The standard InChI is InChI=1S/C12H8F5N3S/c13-7-3-1-2-6(4-7)9-5-8(14)10-18-11(19-20(9)10)21-12(15,16)17/h1-4,8-9H,5H2/t8-,9-/m0/s1. The maximum absolute atomic E-state index is 13.9. The lowest BCUT2D eigenvalue weighted by Gasteiger charge is -2.11. The van der Waals surface area contributed by atoms with E-state index in [4.69, 9.17) is 0 Å². The topological polar surface area (TPSA) is 30.7 Å². The molecule has 0 radical (unpaired) electrons. The molecule has 1 aromatic carbocycles. The van der Waals surface area contributed by atoms with Crippen molar-refractivity contribution in [2.45, 2.75) is 29.3 Å². The Labute approximate surface area is 120 Å². The average Bonchev–Trinajstić information content (AvgIpc) is 2.88. The van der Waals surface area contributed by atoms with Crippen LogP contribution in [0.4, 0.5) is 22.0 Å². The number of halogens is 5. The molecule has 1 aromatic heterocycles. The van der Waals surface area contributed by atoms with E-state index in [1.165, 1.54) is 18.2 Å². The van der Waals surface area contributed by atoms with Gasteiger partial charge in [-0.05, 0) is 17.7 Å². The molecule has 0 amide bonds. The molecule has 3 rings (SSSR count). The molecule has 2 heterocycles. The van der Waals surface area contributed by atoms with Crippen molar-refractivity contribution in [2.24, 2.45) is 0 Å². The van der Waals surface area contributed by atoms with E-state index in [-0.39, 0.29) is 12.2 Å². The summed E-state index contributed by atoms with van der Waals surface area (Å²) in [6.07, 6.45) is -1.54. The van der Waals surface area contributed by atoms with Crippen LogP contribution in [0.1, 0.15) is 30.0 Å². The summed E-state index contributed by atoms with van der Waals surface area (Å²) >= 11 is -0.496. The predicted molar refractivity (Wildman–Crippen MR) is 64.9 cm³/mol. The summed E-state index contributed by atoms with van der Waals surface area (Å²) in [6.45, 7) is 0. The monoisotopic (exact) mass is 321 g/mol. The van der Waals surface area contributed by atoms with Crippen molar-refractivity contribution in [3.63, 3.8) is 0 Å². The number of thioether (sulfide) groups is 1. The third-order valence-electron chi connectivity index (χ3n) is 3.08. The number of benzene rings is 1. The van der Waals surface area contributed by atoms with Gasteiger partial charge in [0.05, 0.1) is 6.04 Å². The highest BCUT2D eigenvalue weighted by Gasteiger charge is 2.38. The molecule has 0 spiro atoms. The maximum Gasteiger partial charge on any atom is 0.449 e. The van der Waals surface area contributed by atoms with Crippen LogP contribution in [0.3, 0.4) is 0 Å². The number of rotatable bonds is 2. The van der Waals surface area contributed by atoms with E-state index in [0.29, 0.717) is 5.56 Å². The molecule has 1 aliphatic rings. The highest BCUT2D eigenvalue weighted by Crippen LogP contribution is 2.42. The highest BCUT2D eigenvalue weighted by atomic mass is 32.2. The molecule has 3 nitrogen and oxygen atoms in total. The minimum atomic E-state index is -4.54. The van der Waals surface area contributed by atoms with Crippen molar-refractivity contribution in [1.29, 1.82) is 0 Å². The summed E-state index contributed by atoms with van der Waals surface area (Å²) in [5.41, 5.74) is -4.09. The first-order valence-corrected chi connectivity index (χ1v) is 6.77. The molecule has 2 aromatic rings. The number of hydrogen-bond acceptors (Lipinski definition) is 3. The molecule has 1 aliphatic heterocycles. The zero-order valence-electron chi connectivity index (χ0n) is 10.3. The molecule has 0 aliphatic carbocycles. The van der Waals surface area contributed by atoms with Crippen molar-refractivity contribution in [2.75, 3.05) is 0 Å². The van der Waals surface area contributed by atoms with Gasteiger partial charge in [0.25, 0.3) is 0 Å². The first-order chi connectivity index (χ1) is 9.83. The molecule has 0 fully saturated rings. The van der Waals surface area contributed by atoms with Gasteiger partial charge >= 0.3 is 5.51 Å². The smallest absolute Gasteiger partial charge is 0.239 e. The first-order valence-electron chi connectivity index (χ1n) is 5.95. The fraction of sp³-hybridized carbons (Fsp3) is 0.333. The third kappa shape index (κ3) is 2.87. The second kappa shape index (κ2) is 4.97. The average molecular weight is 321 g/mol. The van der Waals surface area contributed by atoms with Crippen LogP contribution in [-0.4, -0.2) is 20.3 Å². The van der Waals surface area contributed by atoms with Crippen molar-refractivity contribution in [3.05, 3.63) is 41.5 Å². The van der Waals surface area contributed by atoms with E-state index in [0.717, 1.165) is 4.68 Å². The van der Waals surface area contributed by atoms with E-state index in [1.807, 2.05) is 0 Å². The van der Waals surface area contributed by atoms with Gasteiger partial charge in [0.2, 0.25) is 5.16 Å². The van der Waals surface area contributed by atoms with Gasteiger partial charge in [-0.1, -0.05) is 12.1 Å². The predicted octanol–water partition coefficient (Wildman–Crippen LogP) is 4.03. The van der Waals surface area contributed by atoms with Crippen LogP contribution in [0.15, 0.2) is 29.4 Å². The number of fused-ring (bicyclic) bond motifs is 1. The molecule has 0 saturated heterocycles. The summed E-state index contributed by atoms with van der Waals surface area (Å²) in [6, 6.07) is 4.83. The minimum Gasteiger partial charge on any atom is -0.239 e. The third-order valence-corrected chi connectivity index (χ3v) is 3.67. The largest absolute Gasteiger partial charge is 0.449 e. The normalized spacial score (nSPS) is 21.6. The van der Waals surface area contributed by atoms with Crippen molar-refractivity contribution >= 4 is 11.8 Å². The van der Waals surface area contributed by atoms with Gasteiger partial charge in [0.1, 0.15) is 5.82 Å². The van der Waals surface area contributed by atoms with Gasteiger partial charge in [-0.2, -0.15) is 13.2 Å². The lowest BCUT2D eigenvalue weighted by Crippen LogP contribution is -2.08. The van der Waals surface area contributed by atoms with Gasteiger partial charge < -0.3 is 0 Å². The number of alkyl halides is 4. The molecular formula is C12H8F5N3S. The minimum absolute atomic E-state index is 0.0181. The molecule has 0 unspecified atom stereocenters. The Kier molecular flexibility index (Phi) is 3.39. The Bertz CT molecular complexity index is 669. The summed E-state index contributed by atoms with van der Waals surface area (Å²) in [5, 5.41) is 3.15. The van der Waals surface area contributed by atoms with E-state index in [2.05, 4.69) is 10.1 Å². The van der Waals surface area contributed by atoms with Crippen molar-refractivity contribution < 1.29 is 22.0 Å². The van der Waals surface area contributed by atoms with Crippen LogP contribution in [0, 0.1) is 5.82 Å². The van der Waals surface area contributed by atoms with E-state index in [9.17, 15) is 22.0 Å². The maximum atomic E-state index is 13.9. The van der Waals surface area contributed by atoms with Gasteiger partial charge in [-0.3, -0.25) is 0 Å². The van der Waals surface area contributed by atoms with E-state index >= 15 is 0 Å². The van der Waals surface area contributed by atoms with Gasteiger partial charge in [0.15, 0.2) is 12.0 Å². The fourth-order valence-electron chi connectivity index (χ4n) is 2.30. The van der Waals surface area contributed by atoms with Crippen LogP contribution in [-0.2, 0) is 0 Å². The Morgan fingerprint density at radius 1 is 1.29 bits per heavy atom. The van der Waals surface area contributed by atoms with Crippen molar-refractivity contribution in [1.82, 2.24) is 14.8 Å². The Hall–Kier alpha value is -1.64. The van der Waals surface area contributed by atoms with E-state index < -0.39 is 40.5 Å². The van der Waals surface area contributed by atoms with Crippen LogP contribution in [0.25, 0.3) is 0 Å². The Morgan fingerprint density at radius 2 is 2.05 bits per heavy atom. The Morgan fingerprint density at radius 3 is 2.71 bits per heavy atom. The molecule has 0 N–H and O–H groups in total. The molecular weight excluding hydrogens is 313 g/mol. The second-order valence-corrected chi connectivity index (χ2v) is 5.55. The number of hydrogen-bond donors (Lipinski definition) is 0. The van der Waals surface area contributed by atoms with Crippen LogP contribution in [0.2, 0.25) is 0 Å². The zero-order chi connectivity index (χ0) is 15.2. The van der Waals surface area contributed by atoms with Crippen LogP contribution >= 0.6 is 11.8 Å². The van der Waals surface area contributed by atoms with Crippen LogP contribution < -0.4 is 0 Å². The molecule has 0 saturated carbocycles. The lowest BCUT2D eigenvalue weighted by atomic mass is 10.0.